The van der Waals surface area contributed by atoms with Gasteiger partial charge in [0.1, 0.15) is 0 Å². The number of hydrogen-bond donors (Lipinski definition) is 1. The van der Waals surface area contributed by atoms with Crippen molar-refractivity contribution in [1.29, 1.82) is 0 Å². The Bertz CT molecular complexity index is 585. The third-order valence-corrected chi connectivity index (χ3v) is 5.29. The van der Waals surface area contributed by atoms with E-state index in [4.69, 9.17) is 0 Å². The van der Waals surface area contributed by atoms with Gasteiger partial charge in [-0.05, 0) is 0 Å². The number of nitrogens with zero attached hydrogens (tertiary/aromatic N) is 1. The van der Waals surface area contributed by atoms with Crippen molar-refractivity contribution in [2.75, 3.05) is 8.18 Å². The van der Waals surface area contributed by atoms with Gasteiger partial charge in [-0.3, -0.25) is 0 Å². The first kappa shape index (κ1) is 13.5. The van der Waals surface area contributed by atoms with Crippen LogP contribution in [0.5, 0.6) is 0 Å². The van der Waals surface area contributed by atoms with Gasteiger partial charge in [0.2, 0.25) is 0 Å². The zero-order valence-electron chi connectivity index (χ0n) is 11.3. The number of rotatable bonds is 4. The molecule has 1 aliphatic heterocycles. The van der Waals surface area contributed by atoms with Crippen LogP contribution >= 0.6 is 0 Å². The SMILES string of the molecule is [AlH2][N]([AlH2])c1ccc(-c2ccc(N[CH]3[CH]=[Al]3)cc2)cc1. The Morgan fingerprint density at radius 3 is 1.89 bits per heavy atom. The van der Waals surface area contributed by atoms with Crippen LogP contribution < -0.4 is 8.18 Å². The van der Waals surface area contributed by atoms with Crippen LogP contribution in [0.25, 0.3) is 11.1 Å². The van der Waals surface area contributed by atoms with E-state index in [2.05, 4.69) is 61.6 Å². The molecule has 2 nitrogen and oxygen atoms in total. The second kappa shape index (κ2) is 5.87. The molecule has 0 amide bonds. The van der Waals surface area contributed by atoms with Gasteiger partial charge in [-0.15, -0.1) is 0 Å². The molecule has 0 spiro atoms. The van der Waals surface area contributed by atoms with E-state index in [1.807, 2.05) is 0 Å². The second-order valence-corrected chi connectivity index (χ2v) is 11.0. The van der Waals surface area contributed by atoms with Crippen LogP contribution in [0.3, 0.4) is 0 Å². The van der Waals surface area contributed by atoms with Crippen molar-refractivity contribution < 1.29 is 0 Å². The predicted molar refractivity (Wildman–Crippen MR) is 90.7 cm³/mol. The van der Waals surface area contributed by atoms with Gasteiger partial charge in [0.05, 0.1) is 0 Å². The molecule has 1 unspecified atom stereocenters. The first-order valence-corrected chi connectivity index (χ1v) is 9.67. The molecule has 1 aliphatic rings. The van der Waals surface area contributed by atoms with Crippen molar-refractivity contribution in [2.45, 2.75) is 4.90 Å². The van der Waals surface area contributed by atoms with Crippen LogP contribution in [0.1, 0.15) is 0 Å². The van der Waals surface area contributed by atoms with Crippen LogP contribution in [0.4, 0.5) is 11.4 Å². The summed E-state index contributed by atoms with van der Waals surface area (Å²) < 4.78 is 2.39. The number of benzene rings is 2. The Morgan fingerprint density at radius 2 is 1.42 bits per heavy atom. The van der Waals surface area contributed by atoms with Crippen molar-refractivity contribution in [1.82, 2.24) is 0 Å². The number of hydrogen-bond acceptors (Lipinski definition) is 2. The molecule has 0 radical (unpaired) electrons. The van der Waals surface area contributed by atoms with Gasteiger partial charge >= 0.3 is 137 Å². The monoisotopic (exact) mass is 292 g/mol. The fourth-order valence-corrected chi connectivity index (χ4v) is 3.15. The molecule has 2 aromatic carbocycles. The van der Waals surface area contributed by atoms with Crippen molar-refractivity contribution in [2.24, 2.45) is 0 Å². The third kappa shape index (κ3) is 3.54. The van der Waals surface area contributed by atoms with E-state index in [-0.39, 0.29) is 0 Å². The minimum absolute atomic E-state index is 0.556. The second-order valence-electron chi connectivity index (χ2n) is 5.07. The van der Waals surface area contributed by atoms with E-state index in [0.29, 0.717) is 19.7 Å². The van der Waals surface area contributed by atoms with Gasteiger partial charge in [0, 0.05) is 0 Å². The Balaban J connectivity index is 1.76. The van der Waals surface area contributed by atoms with E-state index in [1.165, 1.54) is 22.5 Å². The van der Waals surface area contributed by atoms with Crippen molar-refractivity contribution in [3.05, 3.63) is 48.5 Å². The van der Waals surface area contributed by atoms with E-state index < -0.39 is 0 Å². The summed E-state index contributed by atoms with van der Waals surface area (Å²) in [5.74, 6) is 0. The first-order chi connectivity index (χ1) is 9.22. The van der Waals surface area contributed by atoms with Gasteiger partial charge in [0.15, 0.2) is 0 Å². The molecule has 2 aromatic rings. The topological polar surface area (TPSA) is 15.3 Å². The van der Waals surface area contributed by atoms with E-state index in [0.717, 1.165) is 33.0 Å². The summed E-state index contributed by atoms with van der Waals surface area (Å²) in [6.45, 7) is 0. The van der Waals surface area contributed by atoms with Gasteiger partial charge in [-0.2, -0.15) is 0 Å². The summed E-state index contributed by atoms with van der Waals surface area (Å²) in [6, 6.07) is 17.7. The van der Waals surface area contributed by atoms with Crippen molar-refractivity contribution in [3.8, 4) is 11.1 Å². The zero-order valence-corrected chi connectivity index (χ0v) is 16.5. The summed E-state index contributed by atoms with van der Waals surface area (Å²) in [7, 11) is 0. The maximum atomic E-state index is 3.50. The molecule has 0 saturated carbocycles. The van der Waals surface area contributed by atoms with Gasteiger partial charge in [-0.1, -0.05) is 0 Å². The number of anilines is 2. The Hall–Kier alpha value is -0.493. The minimum atomic E-state index is 0.556. The van der Waals surface area contributed by atoms with E-state index in [1.54, 1.807) is 0 Å². The zero-order chi connectivity index (χ0) is 13.2. The molecule has 1 atom stereocenters. The standard InChI is InChI=1S/C14H11N2.3Al.4H/c1-2-16-14-9-5-12(6-10-14)11-3-7-13(15)8-4-11;;;;;;;/h1-10,16H;;;;;;;. The average molecular weight is 292 g/mol. The summed E-state index contributed by atoms with van der Waals surface area (Å²) in [5.41, 5.74) is 5.17. The molecule has 3 rings (SSSR count). The molecule has 1 heterocycles. The molecule has 19 heavy (non-hydrogen) atoms. The summed E-state index contributed by atoms with van der Waals surface area (Å²) in [4.78, 5) is 3.04. The molecular weight excluding hydrogens is 277 g/mol. The Morgan fingerprint density at radius 1 is 0.895 bits per heavy atom. The number of nitrogens with one attached hydrogen (secondary N) is 1. The fourth-order valence-electron chi connectivity index (χ4n) is 2.06. The summed E-state index contributed by atoms with van der Waals surface area (Å²) in [5, 5.41) is 3.50. The quantitative estimate of drug-likeness (QED) is 0.826. The third-order valence-electron chi connectivity index (χ3n) is 3.32. The van der Waals surface area contributed by atoms with Crippen LogP contribution in [0, 0.1) is 0 Å². The van der Waals surface area contributed by atoms with Gasteiger partial charge in [-0.25, -0.2) is 0 Å². The van der Waals surface area contributed by atoms with Crippen LogP contribution in [0.2, 0.25) is 0 Å². The van der Waals surface area contributed by atoms with Gasteiger partial charge < -0.3 is 0 Å². The Kier molecular flexibility index (Phi) is 4.17. The molecular formula is C14H15Al3N2. The summed E-state index contributed by atoms with van der Waals surface area (Å²) in [6.07, 6.45) is 0. The fraction of sp³-hybridized carbons (Fsp3) is 0.0714. The Labute approximate surface area is 136 Å². The molecule has 0 fully saturated rings. The maximum absolute atomic E-state index is 3.50. The molecule has 90 valence electrons. The molecule has 0 saturated heterocycles. The van der Waals surface area contributed by atoms with Crippen molar-refractivity contribution >= 4 is 64.1 Å². The summed E-state index contributed by atoms with van der Waals surface area (Å²) >= 11 is 2.78. The average Bonchev–Trinajstić information content (AvgIpc) is 3.24. The molecule has 0 aliphatic carbocycles. The molecule has 0 bridgehead atoms. The van der Waals surface area contributed by atoms with Crippen LogP contribution in [-0.2, 0) is 0 Å². The predicted octanol–water partition coefficient (Wildman–Crippen LogP) is 0.514. The first-order valence-electron chi connectivity index (χ1n) is 6.55. The van der Waals surface area contributed by atoms with Crippen LogP contribution in [0.15, 0.2) is 48.5 Å². The normalized spacial score (nSPS) is 15.7. The van der Waals surface area contributed by atoms with E-state index in [9.17, 15) is 0 Å². The van der Waals surface area contributed by atoms with Gasteiger partial charge in [0.25, 0.3) is 0 Å². The van der Waals surface area contributed by atoms with Crippen molar-refractivity contribution in [3.63, 3.8) is 0 Å². The molecule has 1 N–H and O–H groups in total. The molecule has 0 aromatic heterocycles. The van der Waals surface area contributed by atoms with E-state index >= 15 is 0 Å². The molecule has 5 heteroatoms. The van der Waals surface area contributed by atoms with Crippen LogP contribution in [-0.4, -0.2) is 57.6 Å².